The Bertz CT molecular complexity index is 1050. The number of carbonyl (C=O) groups is 2. The zero-order valence-corrected chi connectivity index (χ0v) is 14.1. The quantitative estimate of drug-likeness (QED) is 0.557. The van der Waals surface area contributed by atoms with Crippen molar-refractivity contribution in [1.29, 1.82) is 0 Å². The number of esters is 1. The fraction of sp³-hybridized carbons (Fsp3) is 0.0588. The number of ether oxygens (including phenoxy) is 1. The minimum Gasteiger partial charge on any atom is -0.452 e. The summed E-state index contributed by atoms with van der Waals surface area (Å²) in [6, 6.07) is 10.8. The highest BCUT2D eigenvalue weighted by Gasteiger charge is 2.17. The van der Waals surface area contributed by atoms with Crippen molar-refractivity contribution in [3.05, 3.63) is 74.1 Å². The molecule has 1 heterocycles. The summed E-state index contributed by atoms with van der Waals surface area (Å²) >= 11 is 11.7. The van der Waals surface area contributed by atoms with Crippen molar-refractivity contribution in [3.8, 4) is 0 Å². The van der Waals surface area contributed by atoms with Gasteiger partial charge in [-0.25, -0.2) is 9.89 Å². The third-order valence-electron chi connectivity index (χ3n) is 3.47. The number of aromatic nitrogens is 2. The molecule has 3 aromatic rings. The summed E-state index contributed by atoms with van der Waals surface area (Å²) in [6.07, 6.45) is 0. The van der Waals surface area contributed by atoms with E-state index in [1.165, 1.54) is 18.2 Å². The lowest BCUT2D eigenvalue weighted by atomic mass is 10.1. The van der Waals surface area contributed by atoms with Gasteiger partial charge in [0.05, 0.1) is 15.4 Å². The number of halogens is 2. The SMILES string of the molecule is O=C(COC(=O)c1n[nH]c(=O)c2ccccc12)c1ccc(Cl)c(Cl)c1. The standard InChI is InChI=1S/C17H10Cl2N2O4/c18-12-6-5-9(7-13(12)19)14(22)8-25-17(24)15-10-3-1-2-4-11(10)16(23)21-20-15/h1-7H,8H2,(H,21,23). The highest BCUT2D eigenvalue weighted by molar-refractivity contribution is 6.42. The van der Waals surface area contributed by atoms with Crippen LogP contribution in [0.1, 0.15) is 20.8 Å². The summed E-state index contributed by atoms with van der Waals surface area (Å²) in [5.41, 5.74) is -0.224. The van der Waals surface area contributed by atoms with Crippen molar-refractivity contribution >= 4 is 45.7 Å². The maximum Gasteiger partial charge on any atom is 0.359 e. The van der Waals surface area contributed by atoms with Crippen LogP contribution in [0.4, 0.5) is 0 Å². The molecule has 0 amide bonds. The number of benzene rings is 2. The van der Waals surface area contributed by atoms with Gasteiger partial charge in [-0.2, -0.15) is 5.10 Å². The van der Waals surface area contributed by atoms with E-state index in [1.54, 1.807) is 24.3 Å². The number of rotatable bonds is 4. The summed E-state index contributed by atoms with van der Waals surface area (Å²) in [5.74, 6) is -1.26. The van der Waals surface area contributed by atoms with E-state index in [0.717, 1.165) is 0 Å². The second-order valence-electron chi connectivity index (χ2n) is 5.08. The summed E-state index contributed by atoms with van der Waals surface area (Å²) in [6.45, 7) is -0.494. The molecule has 0 atom stereocenters. The van der Waals surface area contributed by atoms with Crippen molar-refractivity contribution < 1.29 is 14.3 Å². The highest BCUT2D eigenvalue weighted by atomic mass is 35.5. The minimum absolute atomic E-state index is 0.0721. The van der Waals surface area contributed by atoms with Gasteiger partial charge >= 0.3 is 5.97 Å². The number of hydrogen-bond donors (Lipinski definition) is 1. The number of aromatic amines is 1. The number of hydrogen-bond acceptors (Lipinski definition) is 5. The Morgan fingerprint density at radius 1 is 1.04 bits per heavy atom. The number of fused-ring (bicyclic) bond motifs is 1. The highest BCUT2D eigenvalue weighted by Crippen LogP contribution is 2.23. The maximum absolute atomic E-state index is 12.2. The first-order valence-electron chi connectivity index (χ1n) is 7.10. The summed E-state index contributed by atoms with van der Waals surface area (Å²) < 4.78 is 5.01. The molecular formula is C17H10Cl2N2O4. The van der Waals surface area contributed by atoms with E-state index in [1.807, 2.05) is 0 Å². The molecule has 6 nitrogen and oxygen atoms in total. The van der Waals surface area contributed by atoms with Crippen LogP contribution >= 0.6 is 23.2 Å². The van der Waals surface area contributed by atoms with Gasteiger partial charge in [-0.3, -0.25) is 9.59 Å². The maximum atomic E-state index is 12.2. The average molecular weight is 377 g/mol. The summed E-state index contributed by atoms with van der Waals surface area (Å²) in [7, 11) is 0. The molecule has 0 aliphatic rings. The second-order valence-corrected chi connectivity index (χ2v) is 5.89. The molecule has 8 heteroatoms. The van der Waals surface area contributed by atoms with E-state index in [9.17, 15) is 14.4 Å². The molecule has 3 rings (SSSR count). The Balaban J connectivity index is 1.79. The molecule has 0 saturated carbocycles. The number of ketones is 1. The van der Waals surface area contributed by atoms with E-state index in [4.69, 9.17) is 27.9 Å². The van der Waals surface area contributed by atoms with Gasteiger partial charge in [0.1, 0.15) is 0 Å². The molecule has 0 aliphatic carbocycles. The van der Waals surface area contributed by atoms with Crippen molar-refractivity contribution in [2.45, 2.75) is 0 Å². The molecule has 0 fully saturated rings. The van der Waals surface area contributed by atoms with Crippen LogP contribution < -0.4 is 5.56 Å². The first kappa shape index (κ1) is 17.1. The molecular weight excluding hydrogens is 367 g/mol. The summed E-state index contributed by atoms with van der Waals surface area (Å²) in [5, 5.41) is 7.15. The predicted octanol–water partition coefficient (Wildman–Crippen LogP) is 3.27. The first-order valence-corrected chi connectivity index (χ1v) is 7.86. The molecule has 0 spiro atoms. The Kier molecular flexibility index (Phi) is 4.83. The predicted molar refractivity (Wildman–Crippen MR) is 93.4 cm³/mol. The van der Waals surface area contributed by atoms with Gasteiger partial charge in [0.15, 0.2) is 18.1 Å². The zero-order valence-electron chi connectivity index (χ0n) is 12.6. The van der Waals surface area contributed by atoms with Crippen LogP contribution in [0.5, 0.6) is 0 Å². The van der Waals surface area contributed by atoms with E-state index in [2.05, 4.69) is 10.2 Å². The number of Topliss-reactive ketones (excluding diaryl/α,β-unsaturated/α-hetero) is 1. The Hall–Kier alpha value is -2.70. The first-order chi connectivity index (χ1) is 12.0. The number of nitrogens with zero attached hydrogens (tertiary/aromatic N) is 1. The third kappa shape index (κ3) is 3.55. The zero-order chi connectivity index (χ0) is 18.0. The van der Waals surface area contributed by atoms with Gasteiger partial charge in [-0.1, -0.05) is 41.4 Å². The Labute approximate surface area is 151 Å². The van der Waals surface area contributed by atoms with Crippen LogP contribution in [0.3, 0.4) is 0 Å². The van der Waals surface area contributed by atoms with Gasteiger partial charge in [0.25, 0.3) is 5.56 Å². The Morgan fingerprint density at radius 3 is 2.48 bits per heavy atom. The summed E-state index contributed by atoms with van der Waals surface area (Å²) in [4.78, 5) is 36.0. The van der Waals surface area contributed by atoms with Crippen LogP contribution in [0, 0.1) is 0 Å². The van der Waals surface area contributed by atoms with E-state index in [-0.39, 0.29) is 16.3 Å². The lowest BCUT2D eigenvalue weighted by Gasteiger charge is -2.06. The van der Waals surface area contributed by atoms with Crippen molar-refractivity contribution in [3.63, 3.8) is 0 Å². The van der Waals surface area contributed by atoms with Crippen molar-refractivity contribution in [2.75, 3.05) is 6.61 Å². The third-order valence-corrected chi connectivity index (χ3v) is 4.20. The van der Waals surface area contributed by atoms with Gasteiger partial charge in [0.2, 0.25) is 0 Å². The number of carbonyl (C=O) groups excluding carboxylic acids is 2. The molecule has 0 radical (unpaired) electrons. The van der Waals surface area contributed by atoms with Gasteiger partial charge in [-0.15, -0.1) is 0 Å². The molecule has 0 saturated heterocycles. The van der Waals surface area contributed by atoms with Crippen LogP contribution in [-0.2, 0) is 4.74 Å². The average Bonchev–Trinajstić information content (AvgIpc) is 2.62. The van der Waals surface area contributed by atoms with Gasteiger partial charge < -0.3 is 4.74 Å². The van der Waals surface area contributed by atoms with Crippen molar-refractivity contribution in [1.82, 2.24) is 10.2 Å². The van der Waals surface area contributed by atoms with Crippen molar-refractivity contribution in [2.24, 2.45) is 0 Å². The molecule has 25 heavy (non-hydrogen) atoms. The fourth-order valence-electron chi connectivity index (χ4n) is 2.22. The fourth-order valence-corrected chi connectivity index (χ4v) is 2.52. The van der Waals surface area contributed by atoms with E-state index in [0.29, 0.717) is 15.8 Å². The topological polar surface area (TPSA) is 89.1 Å². The molecule has 2 aromatic carbocycles. The molecule has 0 unspecified atom stereocenters. The molecule has 126 valence electrons. The monoisotopic (exact) mass is 376 g/mol. The smallest absolute Gasteiger partial charge is 0.359 e. The second kappa shape index (κ2) is 7.04. The van der Waals surface area contributed by atoms with Crippen LogP contribution in [0.2, 0.25) is 10.0 Å². The van der Waals surface area contributed by atoms with Crippen LogP contribution in [0.25, 0.3) is 10.8 Å². The lowest BCUT2D eigenvalue weighted by molar-refractivity contribution is 0.0470. The normalized spacial score (nSPS) is 10.6. The van der Waals surface area contributed by atoms with Crippen LogP contribution in [-0.4, -0.2) is 28.6 Å². The Morgan fingerprint density at radius 2 is 1.76 bits per heavy atom. The van der Waals surface area contributed by atoms with E-state index < -0.39 is 23.9 Å². The molecule has 1 aromatic heterocycles. The largest absolute Gasteiger partial charge is 0.452 e. The number of nitrogens with one attached hydrogen (secondary N) is 1. The van der Waals surface area contributed by atoms with Crippen LogP contribution in [0.15, 0.2) is 47.3 Å². The molecule has 1 N–H and O–H groups in total. The minimum atomic E-state index is -0.819. The molecule has 0 bridgehead atoms. The molecule has 0 aliphatic heterocycles. The van der Waals surface area contributed by atoms with Gasteiger partial charge in [0, 0.05) is 10.9 Å². The number of H-pyrrole nitrogens is 1. The van der Waals surface area contributed by atoms with Gasteiger partial charge in [-0.05, 0) is 24.3 Å². The lowest BCUT2D eigenvalue weighted by Crippen LogP contribution is -2.19. The van der Waals surface area contributed by atoms with E-state index >= 15 is 0 Å².